The van der Waals surface area contributed by atoms with E-state index in [9.17, 15) is 19.2 Å². The van der Waals surface area contributed by atoms with E-state index in [1.54, 1.807) is 13.8 Å². The molecule has 0 unspecified atom stereocenters. The van der Waals surface area contributed by atoms with Gasteiger partial charge in [0.15, 0.2) is 0 Å². The lowest BCUT2D eigenvalue weighted by Gasteiger charge is -2.49. The van der Waals surface area contributed by atoms with Gasteiger partial charge in [-0.25, -0.2) is 9.78 Å². The maximum Gasteiger partial charge on any atom is 0.409 e. The van der Waals surface area contributed by atoms with Crippen LogP contribution in [0, 0.1) is 5.41 Å². The van der Waals surface area contributed by atoms with Crippen molar-refractivity contribution in [1.82, 2.24) is 15.2 Å². The molecule has 11 heteroatoms. The van der Waals surface area contributed by atoms with Crippen LogP contribution < -0.4 is 10.6 Å². The molecule has 3 amide bonds. The Bertz CT molecular complexity index is 1240. The summed E-state index contributed by atoms with van der Waals surface area (Å²) in [5.74, 6) is -1.24. The van der Waals surface area contributed by atoms with Gasteiger partial charge in [-0.05, 0) is 37.0 Å². The van der Waals surface area contributed by atoms with Crippen molar-refractivity contribution in [2.24, 2.45) is 5.41 Å². The zero-order chi connectivity index (χ0) is 28.3. The molecule has 1 fully saturated rings. The molecule has 1 aliphatic rings. The van der Waals surface area contributed by atoms with Crippen LogP contribution in [-0.4, -0.2) is 67.6 Å². The molecule has 1 aromatic carbocycles. The lowest BCUT2D eigenvalue weighted by molar-refractivity contribution is -0.153. The average Bonchev–Trinajstić information content (AvgIpc) is 2.87. The van der Waals surface area contributed by atoms with Gasteiger partial charge < -0.3 is 25.0 Å². The standard InChI is InChI=1S/C27H33ClN4O6/c1-16(2)17-9-7-8-10-19(17)27(13-32(14-27)25(36)38-15-26(3,4)24(35)37-6)23(34)31-20-12-30-21(28)11-18(20)22(33)29-5/h7-12,16H,13-15H2,1-6H3,(H,29,33)(H,31,34). The summed E-state index contributed by atoms with van der Waals surface area (Å²) in [5, 5.41) is 5.47. The van der Waals surface area contributed by atoms with Crippen molar-refractivity contribution in [3.63, 3.8) is 0 Å². The monoisotopic (exact) mass is 544 g/mol. The second kappa shape index (κ2) is 11.4. The van der Waals surface area contributed by atoms with Gasteiger partial charge in [0.05, 0.1) is 30.0 Å². The Morgan fingerprint density at radius 1 is 1.18 bits per heavy atom. The number of hydrogen-bond donors (Lipinski definition) is 2. The highest BCUT2D eigenvalue weighted by Gasteiger charge is 2.54. The third kappa shape index (κ3) is 5.75. The fourth-order valence-corrected chi connectivity index (χ4v) is 4.53. The molecule has 1 saturated heterocycles. The fraction of sp³-hybridized carbons (Fsp3) is 0.444. The molecular formula is C27H33ClN4O6. The van der Waals surface area contributed by atoms with Crippen LogP contribution >= 0.6 is 11.6 Å². The number of likely N-dealkylation sites (tertiary alicyclic amines) is 1. The van der Waals surface area contributed by atoms with Crippen LogP contribution in [0.2, 0.25) is 5.15 Å². The van der Waals surface area contributed by atoms with Crippen LogP contribution in [0.1, 0.15) is 55.1 Å². The van der Waals surface area contributed by atoms with Gasteiger partial charge in [-0.15, -0.1) is 0 Å². The van der Waals surface area contributed by atoms with Crippen LogP contribution in [0.5, 0.6) is 0 Å². The van der Waals surface area contributed by atoms with Crippen LogP contribution in [-0.2, 0) is 24.5 Å². The summed E-state index contributed by atoms with van der Waals surface area (Å²) in [5.41, 5.74) is -0.0451. The maximum atomic E-state index is 13.9. The van der Waals surface area contributed by atoms with E-state index in [0.717, 1.165) is 11.1 Å². The molecular weight excluding hydrogens is 512 g/mol. The molecule has 2 heterocycles. The molecule has 2 N–H and O–H groups in total. The number of nitrogens with zero attached hydrogens (tertiary/aromatic N) is 2. The van der Waals surface area contributed by atoms with Gasteiger partial charge in [0.25, 0.3) is 5.91 Å². The van der Waals surface area contributed by atoms with Crippen molar-refractivity contribution < 1.29 is 28.7 Å². The number of anilines is 1. The number of benzene rings is 1. The number of aromatic nitrogens is 1. The Kier molecular flexibility index (Phi) is 8.66. The van der Waals surface area contributed by atoms with Gasteiger partial charge in [0.2, 0.25) is 5.91 Å². The third-order valence-electron chi connectivity index (χ3n) is 6.60. The van der Waals surface area contributed by atoms with E-state index in [1.807, 2.05) is 38.1 Å². The van der Waals surface area contributed by atoms with Crippen LogP contribution in [0.4, 0.5) is 10.5 Å². The second-order valence-electron chi connectivity index (χ2n) is 10.2. The van der Waals surface area contributed by atoms with Crippen molar-refractivity contribution in [2.75, 3.05) is 39.2 Å². The summed E-state index contributed by atoms with van der Waals surface area (Å²) in [6.07, 6.45) is 0.679. The number of carbonyl (C=O) groups excluding carboxylic acids is 4. The van der Waals surface area contributed by atoms with E-state index in [4.69, 9.17) is 21.1 Å². The lowest BCUT2D eigenvalue weighted by atomic mass is 9.70. The number of ether oxygens (including phenoxy) is 2. The van der Waals surface area contributed by atoms with E-state index in [-0.39, 0.29) is 42.0 Å². The highest BCUT2D eigenvalue weighted by atomic mass is 35.5. The molecule has 0 aliphatic carbocycles. The summed E-state index contributed by atoms with van der Waals surface area (Å²) in [4.78, 5) is 56.6. The predicted molar refractivity (Wildman–Crippen MR) is 142 cm³/mol. The van der Waals surface area contributed by atoms with E-state index in [2.05, 4.69) is 15.6 Å². The molecule has 3 rings (SSSR count). The number of esters is 1. The van der Waals surface area contributed by atoms with Crippen LogP contribution in [0.3, 0.4) is 0 Å². The summed E-state index contributed by atoms with van der Waals surface area (Å²) >= 11 is 5.99. The molecule has 204 valence electrons. The Labute approximate surface area is 227 Å². The average molecular weight is 545 g/mol. The number of halogens is 1. The summed E-state index contributed by atoms with van der Waals surface area (Å²) in [7, 11) is 2.74. The first kappa shape index (κ1) is 28.9. The molecule has 2 aromatic rings. The third-order valence-corrected chi connectivity index (χ3v) is 6.80. The second-order valence-corrected chi connectivity index (χ2v) is 10.6. The molecule has 10 nitrogen and oxygen atoms in total. The summed E-state index contributed by atoms with van der Waals surface area (Å²) in [6.45, 7) is 7.18. The number of amides is 3. The van der Waals surface area contributed by atoms with E-state index in [1.165, 1.54) is 31.3 Å². The van der Waals surface area contributed by atoms with Crippen LogP contribution in [0.15, 0.2) is 36.5 Å². The zero-order valence-corrected chi connectivity index (χ0v) is 23.1. The smallest absolute Gasteiger partial charge is 0.409 e. The topological polar surface area (TPSA) is 127 Å². The minimum atomic E-state index is -1.11. The van der Waals surface area contributed by atoms with E-state index >= 15 is 0 Å². The zero-order valence-electron chi connectivity index (χ0n) is 22.4. The number of hydrogen-bond acceptors (Lipinski definition) is 7. The summed E-state index contributed by atoms with van der Waals surface area (Å²) in [6, 6.07) is 8.94. The SMILES string of the molecule is CNC(=O)c1cc(Cl)ncc1NC(=O)C1(c2ccccc2C(C)C)CN(C(=O)OCC(C)(C)C(=O)OC)C1. The number of methoxy groups -OCH3 is 1. The van der Waals surface area contributed by atoms with Crippen molar-refractivity contribution in [3.8, 4) is 0 Å². The minimum Gasteiger partial charge on any atom is -0.469 e. The quantitative estimate of drug-likeness (QED) is 0.383. The van der Waals surface area contributed by atoms with Crippen molar-refractivity contribution in [2.45, 2.75) is 39.0 Å². The Morgan fingerprint density at radius 3 is 2.45 bits per heavy atom. The first-order valence-corrected chi connectivity index (χ1v) is 12.5. The first-order chi connectivity index (χ1) is 17.9. The lowest BCUT2D eigenvalue weighted by Crippen LogP contribution is -2.66. The fourth-order valence-electron chi connectivity index (χ4n) is 4.37. The number of rotatable bonds is 8. The van der Waals surface area contributed by atoms with Gasteiger partial charge in [0.1, 0.15) is 17.2 Å². The molecule has 1 aliphatic heterocycles. The first-order valence-electron chi connectivity index (χ1n) is 12.1. The molecule has 0 atom stereocenters. The van der Waals surface area contributed by atoms with Crippen molar-refractivity contribution >= 4 is 41.2 Å². The van der Waals surface area contributed by atoms with Gasteiger partial charge in [-0.1, -0.05) is 49.7 Å². The number of carbonyl (C=O) groups is 4. The van der Waals surface area contributed by atoms with Gasteiger partial charge in [-0.2, -0.15) is 0 Å². The normalized spacial score (nSPS) is 14.4. The minimum absolute atomic E-state index is 0.0381. The maximum absolute atomic E-state index is 13.9. The Hall–Kier alpha value is -3.66. The summed E-state index contributed by atoms with van der Waals surface area (Å²) < 4.78 is 10.2. The number of pyridine rings is 1. The Morgan fingerprint density at radius 2 is 1.84 bits per heavy atom. The predicted octanol–water partition coefficient (Wildman–Crippen LogP) is 3.75. The van der Waals surface area contributed by atoms with Crippen molar-refractivity contribution in [3.05, 3.63) is 58.4 Å². The van der Waals surface area contributed by atoms with Gasteiger partial charge in [-0.3, -0.25) is 14.4 Å². The van der Waals surface area contributed by atoms with Gasteiger partial charge in [0, 0.05) is 20.1 Å². The highest BCUT2D eigenvalue weighted by molar-refractivity contribution is 6.30. The van der Waals surface area contributed by atoms with Crippen molar-refractivity contribution in [1.29, 1.82) is 0 Å². The largest absolute Gasteiger partial charge is 0.469 e. The molecule has 0 saturated carbocycles. The number of nitrogens with one attached hydrogen (secondary N) is 2. The molecule has 1 aromatic heterocycles. The van der Waals surface area contributed by atoms with Crippen LogP contribution in [0.25, 0.3) is 0 Å². The molecule has 0 bridgehead atoms. The Balaban J connectivity index is 1.91. The van der Waals surface area contributed by atoms with Gasteiger partial charge >= 0.3 is 12.1 Å². The van der Waals surface area contributed by atoms with E-state index in [0.29, 0.717) is 0 Å². The highest BCUT2D eigenvalue weighted by Crippen LogP contribution is 2.40. The molecule has 38 heavy (non-hydrogen) atoms. The van der Waals surface area contributed by atoms with E-state index < -0.39 is 34.7 Å². The molecule has 0 radical (unpaired) electrons. The molecule has 0 spiro atoms.